The summed E-state index contributed by atoms with van der Waals surface area (Å²) in [6.45, 7) is 3.22. The second-order valence-electron chi connectivity index (χ2n) is 7.59. The van der Waals surface area contributed by atoms with Crippen LogP contribution in [0.1, 0.15) is 23.5 Å². The van der Waals surface area contributed by atoms with Gasteiger partial charge < -0.3 is 4.90 Å². The quantitative estimate of drug-likeness (QED) is 0.567. The van der Waals surface area contributed by atoms with Gasteiger partial charge in [0.05, 0.1) is 0 Å². The van der Waals surface area contributed by atoms with Gasteiger partial charge in [0, 0.05) is 48.0 Å². The number of rotatable bonds is 3. The molecule has 2 aliphatic rings. The van der Waals surface area contributed by atoms with E-state index in [-0.39, 0.29) is 0 Å². The summed E-state index contributed by atoms with van der Waals surface area (Å²) in [6, 6.07) is 28.6. The van der Waals surface area contributed by atoms with Crippen molar-refractivity contribution in [3.05, 3.63) is 95.0 Å². The van der Waals surface area contributed by atoms with E-state index in [0.29, 0.717) is 12.0 Å². The SMILES string of the molecule is Clc1ccc(CN2CC[C@@H]3[C@@H](C2)c2ccccc2N3c2ccccc2)cc1. The lowest BCUT2D eigenvalue weighted by atomic mass is 9.89. The number of likely N-dealkylation sites (tertiary alicyclic amines) is 1. The highest BCUT2D eigenvalue weighted by atomic mass is 35.5. The van der Waals surface area contributed by atoms with Gasteiger partial charge in [0.2, 0.25) is 0 Å². The number of hydrogen-bond acceptors (Lipinski definition) is 2. The van der Waals surface area contributed by atoms with Crippen LogP contribution in [0.3, 0.4) is 0 Å². The first-order valence-electron chi connectivity index (χ1n) is 9.69. The van der Waals surface area contributed by atoms with E-state index in [1.54, 1.807) is 0 Å². The van der Waals surface area contributed by atoms with Crippen LogP contribution in [-0.2, 0) is 6.54 Å². The van der Waals surface area contributed by atoms with Crippen LogP contribution >= 0.6 is 11.6 Å². The van der Waals surface area contributed by atoms with Gasteiger partial charge in [-0.3, -0.25) is 4.90 Å². The van der Waals surface area contributed by atoms with Crippen LogP contribution in [0.15, 0.2) is 78.9 Å². The van der Waals surface area contributed by atoms with Gasteiger partial charge in [0.15, 0.2) is 0 Å². The largest absolute Gasteiger partial charge is 0.337 e. The Balaban J connectivity index is 1.42. The van der Waals surface area contributed by atoms with Gasteiger partial charge in [-0.2, -0.15) is 0 Å². The monoisotopic (exact) mass is 374 g/mol. The van der Waals surface area contributed by atoms with Gasteiger partial charge >= 0.3 is 0 Å². The third-order valence-corrected chi connectivity index (χ3v) is 6.19. The second kappa shape index (κ2) is 7.03. The van der Waals surface area contributed by atoms with E-state index in [2.05, 4.69) is 76.5 Å². The molecule has 0 radical (unpaired) electrons. The summed E-state index contributed by atoms with van der Waals surface area (Å²) in [5.74, 6) is 0.558. The summed E-state index contributed by atoms with van der Waals surface area (Å²) >= 11 is 6.04. The Morgan fingerprint density at radius 2 is 1.59 bits per heavy atom. The summed E-state index contributed by atoms with van der Waals surface area (Å²) in [6.07, 6.45) is 1.18. The Hall–Kier alpha value is -2.29. The van der Waals surface area contributed by atoms with Crippen molar-refractivity contribution in [3.8, 4) is 0 Å². The fourth-order valence-corrected chi connectivity index (χ4v) is 4.86. The number of piperidine rings is 1. The molecular weight excluding hydrogens is 352 g/mol. The molecule has 27 heavy (non-hydrogen) atoms. The molecule has 0 N–H and O–H groups in total. The molecule has 1 saturated heterocycles. The molecule has 0 amide bonds. The Morgan fingerprint density at radius 1 is 0.852 bits per heavy atom. The van der Waals surface area contributed by atoms with E-state index in [9.17, 15) is 0 Å². The predicted octanol–water partition coefficient (Wildman–Crippen LogP) is 5.85. The molecule has 0 spiro atoms. The Kier molecular flexibility index (Phi) is 4.39. The van der Waals surface area contributed by atoms with Crippen molar-refractivity contribution in [2.45, 2.75) is 24.9 Å². The number of halogens is 1. The lowest BCUT2D eigenvalue weighted by molar-refractivity contribution is 0.189. The van der Waals surface area contributed by atoms with Crippen molar-refractivity contribution in [2.75, 3.05) is 18.0 Å². The molecule has 0 bridgehead atoms. The molecule has 3 aromatic rings. The molecule has 0 unspecified atom stereocenters. The van der Waals surface area contributed by atoms with Crippen LogP contribution in [-0.4, -0.2) is 24.0 Å². The van der Waals surface area contributed by atoms with Gasteiger partial charge in [0.1, 0.15) is 0 Å². The fourth-order valence-electron chi connectivity index (χ4n) is 4.73. The Morgan fingerprint density at radius 3 is 2.41 bits per heavy atom. The number of anilines is 2. The molecule has 2 heterocycles. The molecule has 1 fully saturated rings. The number of fused-ring (bicyclic) bond motifs is 3. The van der Waals surface area contributed by atoms with Crippen LogP contribution in [0.25, 0.3) is 0 Å². The molecule has 0 aliphatic carbocycles. The topological polar surface area (TPSA) is 6.48 Å². The normalized spacial score (nSPS) is 21.7. The van der Waals surface area contributed by atoms with Crippen molar-refractivity contribution in [3.63, 3.8) is 0 Å². The van der Waals surface area contributed by atoms with Crippen LogP contribution in [0.4, 0.5) is 11.4 Å². The lowest BCUT2D eigenvalue weighted by Crippen LogP contribution is -2.44. The average Bonchev–Trinajstić information content (AvgIpc) is 3.04. The second-order valence-corrected chi connectivity index (χ2v) is 8.02. The minimum atomic E-state index is 0.547. The average molecular weight is 375 g/mol. The number of benzene rings is 3. The van der Waals surface area contributed by atoms with Crippen molar-refractivity contribution in [2.24, 2.45) is 0 Å². The van der Waals surface area contributed by atoms with Crippen molar-refractivity contribution in [1.82, 2.24) is 4.90 Å². The fraction of sp³-hybridized carbons (Fsp3) is 0.250. The highest BCUT2D eigenvalue weighted by Gasteiger charge is 2.42. The lowest BCUT2D eigenvalue weighted by Gasteiger charge is -2.39. The zero-order chi connectivity index (χ0) is 18.2. The van der Waals surface area contributed by atoms with Crippen LogP contribution < -0.4 is 4.90 Å². The molecule has 136 valence electrons. The summed E-state index contributed by atoms with van der Waals surface area (Å²) in [4.78, 5) is 5.16. The molecular formula is C24H23ClN2. The maximum Gasteiger partial charge on any atom is 0.0450 e. The summed E-state index contributed by atoms with van der Waals surface area (Å²) in [7, 11) is 0. The van der Waals surface area contributed by atoms with Crippen LogP contribution in [0.2, 0.25) is 5.02 Å². The van der Waals surface area contributed by atoms with E-state index in [1.807, 2.05) is 12.1 Å². The van der Waals surface area contributed by atoms with Gasteiger partial charge in [-0.05, 0) is 47.9 Å². The number of hydrogen-bond donors (Lipinski definition) is 0. The van der Waals surface area contributed by atoms with Gasteiger partial charge in [-0.25, -0.2) is 0 Å². The highest BCUT2D eigenvalue weighted by Crippen LogP contribution is 2.48. The van der Waals surface area contributed by atoms with Gasteiger partial charge in [-0.1, -0.05) is 60.1 Å². The van der Waals surface area contributed by atoms with E-state index < -0.39 is 0 Å². The number of nitrogens with zero attached hydrogens (tertiary/aromatic N) is 2. The predicted molar refractivity (Wildman–Crippen MR) is 113 cm³/mol. The molecule has 2 nitrogen and oxygen atoms in total. The first-order chi connectivity index (χ1) is 13.3. The first kappa shape index (κ1) is 16.9. The third kappa shape index (κ3) is 3.13. The first-order valence-corrected chi connectivity index (χ1v) is 10.1. The van der Waals surface area contributed by atoms with E-state index >= 15 is 0 Å². The third-order valence-electron chi connectivity index (χ3n) is 5.94. The number of para-hydroxylation sites is 2. The minimum absolute atomic E-state index is 0.547. The summed E-state index contributed by atoms with van der Waals surface area (Å²) in [5, 5.41) is 0.806. The molecule has 3 aromatic carbocycles. The highest BCUT2D eigenvalue weighted by molar-refractivity contribution is 6.30. The molecule has 0 saturated carbocycles. The Labute approximate surface area is 166 Å². The van der Waals surface area contributed by atoms with Gasteiger partial charge in [-0.15, -0.1) is 0 Å². The summed E-state index contributed by atoms with van der Waals surface area (Å²) in [5.41, 5.74) is 5.52. The standard InChI is InChI=1S/C24H23ClN2/c25-19-12-10-18(11-13-19)16-26-15-14-24-22(17-26)21-8-4-5-9-23(21)27(24)20-6-2-1-3-7-20/h1-13,22,24H,14-17H2/t22-,24+/m0/s1. The van der Waals surface area contributed by atoms with E-state index in [4.69, 9.17) is 11.6 Å². The van der Waals surface area contributed by atoms with Crippen molar-refractivity contribution < 1.29 is 0 Å². The molecule has 5 rings (SSSR count). The molecule has 0 aromatic heterocycles. The van der Waals surface area contributed by atoms with Crippen LogP contribution in [0.5, 0.6) is 0 Å². The van der Waals surface area contributed by atoms with Crippen molar-refractivity contribution in [1.29, 1.82) is 0 Å². The zero-order valence-electron chi connectivity index (χ0n) is 15.3. The van der Waals surface area contributed by atoms with E-state index in [1.165, 1.54) is 28.9 Å². The minimum Gasteiger partial charge on any atom is -0.337 e. The van der Waals surface area contributed by atoms with Crippen molar-refractivity contribution >= 4 is 23.0 Å². The molecule has 3 heteroatoms. The molecule has 2 atom stereocenters. The maximum absolute atomic E-state index is 6.04. The maximum atomic E-state index is 6.04. The smallest absolute Gasteiger partial charge is 0.0450 e. The molecule has 2 aliphatic heterocycles. The Bertz CT molecular complexity index is 923. The summed E-state index contributed by atoms with van der Waals surface area (Å²) < 4.78 is 0. The zero-order valence-corrected chi connectivity index (χ0v) is 16.0. The van der Waals surface area contributed by atoms with Gasteiger partial charge in [0.25, 0.3) is 0 Å². The van der Waals surface area contributed by atoms with E-state index in [0.717, 1.165) is 24.7 Å². The van der Waals surface area contributed by atoms with Crippen LogP contribution in [0, 0.1) is 0 Å².